The molecule has 0 unspecified atom stereocenters. The number of hydrogen-bond donors (Lipinski definition) is 0. The highest BCUT2D eigenvalue weighted by atomic mass is 19.1. The van der Waals surface area contributed by atoms with Crippen LogP contribution in [0.2, 0.25) is 0 Å². The SMILES string of the molecule is Cc1ccccc1CN1CCN(Cc2ccc(F)cc2)CCC1=O. The normalized spacial score (nSPS) is 16.2. The van der Waals surface area contributed by atoms with Gasteiger partial charge in [-0.2, -0.15) is 0 Å². The summed E-state index contributed by atoms with van der Waals surface area (Å²) < 4.78 is 13.0. The van der Waals surface area contributed by atoms with Crippen molar-refractivity contribution in [3.8, 4) is 0 Å². The largest absolute Gasteiger partial charge is 0.337 e. The van der Waals surface area contributed by atoms with Gasteiger partial charge in [-0.05, 0) is 35.7 Å². The van der Waals surface area contributed by atoms with Gasteiger partial charge < -0.3 is 4.90 Å². The zero-order chi connectivity index (χ0) is 16.9. The molecule has 1 aliphatic heterocycles. The summed E-state index contributed by atoms with van der Waals surface area (Å²) >= 11 is 0. The minimum absolute atomic E-state index is 0.208. The van der Waals surface area contributed by atoms with Gasteiger partial charge in [-0.3, -0.25) is 9.69 Å². The summed E-state index contributed by atoms with van der Waals surface area (Å²) in [5.74, 6) is -0.00550. The average Bonchev–Trinajstić information content (AvgIpc) is 2.75. The number of rotatable bonds is 4. The van der Waals surface area contributed by atoms with Crippen LogP contribution in [0.1, 0.15) is 23.1 Å². The monoisotopic (exact) mass is 326 g/mol. The molecule has 0 radical (unpaired) electrons. The minimum atomic E-state index is -0.214. The second-order valence-corrected chi connectivity index (χ2v) is 6.39. The summed E-state index contributed by atoms with van der Waals surface area (Å²) in [7, 11) is 0. The van der Waals surface area contributed by atoms with Crippen molar-refractivity contribution >= 4 is 5.91 Å². The van der Waals surface area contributed by atoms with Crippen LogP contribution in [0.4, 0.5) is 4.39 Å². The number of carbonyl (C=O) groups is 1. The fourth-order valence-corrected chi connectivity index (χ4v) is 3.08. The molecule has 3 nitrogen and oxygen atoms in total. The van der Waals surface area contributed by atoms with E-state index in [2.05, 4.69) is 24.0 Å². The zero-order valence-electron chi connectivity index (χ0n) is 14.0. The lowest BCUT2D eigenvalue weighted by atomic mass is 10.1. The summed E-state index contributed by atoms with van der Waals surface area (Å²) in [6.07, 6.45) is 0.535. The molecule has 126 valence electrons. The first-order chi connectivity index (χ1) is 11.6. The van der Waals surface area contributed by atoms with Gasteiger partial charge >= 0.3 is 0 Å². The molecule has 1 aliphatic rings. The van der Waals surface area contributed by atoms with Crippen LogP contribution >= 0.6 is 0 Å². The van der Waals surface area contributed by atoms with Crippen molar-refractivity contribution in [1.82, 2.24) is 9.80 Å². The molecule has 0 aliphatic carbocycles. The van der Waals surface area contributed by atoms with Crippen molar-refractivity contribution in [3.63, 3.8) is 0 Å². The van der Waals surface area contributed by atoms with Gasteiger partial charge in [-0.1, -0.05) is 36.4 Å². The van der Waals surface area contributed by atoms with Crippen LogP contribution in [0, 0.1) is 12.7 Å². The van der Waals surface area contributed by atoms with Gasteiger partial charge in [0, 0.05) is 39.1 Å². The molecule has 24 heavy (non-hydrogen) atoms. The van der Waals surface area contributed by atoms with E-state index in [0.29, 0.717) is 13.0 Å². The van der Waals surface area contributed by atoms with E-state index < -0.39 is 0 Å². The first-order valence-corrected chi connectivity index (χ1v) is 8.41. The van der Waals surface area contributed by atoms with Crippen LogP contribution in [0.25, 0.3) is 0 Å². The number of benzene rings is 2. The van der Waals surface area contributed by atoms with Crippen molar-refractivity contribution < 1.29 is 9.18 Å². The first kappa shape index (κ1) is 16.7. The van der Waals surface area contributed by atoms with Crippen molar-refractivity contribution in [2.75, 3.05) is 19.6 Å². The van der Waals surface area contributed by atoms with Crippen LogP contribution in [-0.2, 0) is 17.9 Å². The summed E-state index contributed by atoms with van der Waals surface area (Å²) in [6.45, 7) is 5.84. The van der Waals surface area contributed by atoms with E-state index in [9.17, 15) is 9.18 Å². The quantitative estimate of drug-likeness (QED) is 0.860. The lowest BCUT2D eigenvalue weighted by Crippen LogP contribution is -2.32. The Morgan fingerprint density at radius 1 is 0.958 bits per heavy atom. The Kier molecular flexibility index (Phi) is 5.26. The second-order valence-electron chi connectivity index (χ2n) is 6.39. The predicted molar refractivity (Wildman–Crippen MR) is 92.9 cm³/mol. The molecule has 1 amide bonds. The summed E-state index contributed by atoms with van der Waals surface area (Å²) in [6, 6.07) is 14.8. The summed E-state index contributed by atoms with van der Waals surface area (Å²) in [5, 5.41) is 0. The third kappa shape index (κ3) is 4.20. The van der Waals surface area contributed by atoms with Crippen molar-refractivity contribution in [1.29, 1.82) is 0 Å². The molecule has 0 bridgehead atoms. The molecule has 4 heteroatoms. The highest BCUT2D eigenvalue weighted by molar-refractivity contribution is 5.76. The molecule has 1 saturated heterocycles. The van der Waals surface area contributed by atoms with E-state index in [4.69, 9.17) is 0 Å². The molecule has 0 atom stereocenters. The van der Waals surface area contributed by atoms with Crippen LogP contribution < -0.4 is 0 Å². The van der Waals surface area contributed by atoms with E-state index in [1.54, 1.807) is 0 Å². The van der Waals surface area contributed by atoms with Gasteiger partial charge in [0.15, 0.2) is 0 Å². The number of aryl methyl sites for hydroxylation is 1. The Morgan fingerprint density at radius 3 is 2.46 bits per heavy atom. The molecule has 0 saturated carbocycles. The maximum Gasteiger partial charge on any atom is 0.224 e. The molecule has 0 spiro atoms. The molecule has 3 rings (SSSR count). The number of halogens is 1. The lowest BCUT2D eigenvalue weighted by Gasteiger charge is -2.23. The fourth-order valence-electron chi connectivity index (χ4n) is 3.08. The van der Waals surface area contributed by atoms with E-state index >= 15 is 0 Å². The average molecular weight is 326 g/mol. The second kappa shape index (κ2) is 7.58. The molecular weight excluding hydrogens is 303 g/mol. The van der Waals surface area contributed by atoms with Crippen LogP contribution in [-0.4, -0.2) is 35.3 Å². The highest BCUT2D eigenvalue weighted by Gasteiger charge is 2.21. The predicted octanol–water partition coefficient (Wildman–Crippen LogP) is 3.37. The van der Waals surface area contributed by atoms with Crippen molar-refractivity contribution in [2.45, 2.75) is 26.4 Å². The van der Waals surface area contributed by atoms with E-state index in [-0.39, 0.29) is 11.7 Å². The van der Waals surface area contributed by atoms with Gasteiger partial charge in [0.2, 0.25) is 5.91 Å². The van der Waals surface area contributed by atoms with Crippen LogP contribution in [0.3, 0.4) is 0 Å². The molecule has 1 heterocycles. The zero-order valence-corrected chi connectivity index (χ0v) is 14.0. The molecular formula is C20H23FN2O. The highest BCUT2D eigenvalue weighted by Crippen LogP contribution is 2.15. The Morgan fingerprint density at radius 2 is 1.71 bits per heavy atom. The third-order valence-corrected chi connectivity index (χ3v) is 4.62. The lowest BCUT2D eigenvalue weighted by molar-refractivity contribution is -0.130. The Balaban J connectivity index is 1.61. The first-order valence-electron chi connectivity index (χ1n) is 8.41. The number of carbonyl (C=O) groups excluding carboxylic acids is 1. The van der Waals surface area contributed by atoms with Crippen molar-refractivity contribution in [3.05, 3.63) is 71.0 Å². The van der Waals surface area contributed by atoms with Gasteiger partial charge in [0.05, 0.1) is 0 Å². The number of amides is 1. The molecule has 2 aromatic rings. The number of hydrogen-bond acceptors (Lipinski definition) is 2. The maximum absolute atomic E-state index is 13.0. The van der Waals surface area contributed by atoms with E-state index in [0.717, 1.165) is 31.7 Å². The van der Waals surface area contributed by atoms with Gasteiger partial charge in [0.25, 0.3) is 0 Å². The van der Waals surface area contributed by atoms with Gasteiger partial charge in [0.1, 0.15) is 5.82 Å². The van der Waals surface area contributed by atoms with Gasteiger partial charge in [-0.15, -0.1) is 0 Å². The van der Waals surface area contributed by atoms with E-state index in [1.165, 1.54) is 23.3 Å². The standard InChI is InChI=1S/C20H23FN2O/c1-16-4-2-3-5-18(16)15-23-13-12-22(11-10-20(23)24)14-17-6-8-19(21)9-7-17/h2-9H,10-15H2,1H3. The van der Waals surface area contributed by atoms with Crippen LogP contribution in [0.15, 0.2) is 48.5 Å². The Bertz CT molecular complexity index is 699. The molecule has 0 N–H and O–H groups in total. The molecule has 1 fully saturated rings. The summed E-state index contributed by atoms with van der Waals surface area (Å²) in [5.41, 5.74) is 3.51. The Hall–Kier alpha value is -2.20. The maximum atomic E-state index is 13.0. The summed E-state index contributed by atoms with van der Waals surface area (Å²) in [4.78, 5) is 16.6. The smallest absolute Gasteiger partial charge is 0.224 e. The molecule has 2 aromatic carbocycles. The van der Waals surface area contributed by atoms with Crippen LogP contribution in [0.5, 0.6) is 0 Å². The topological polar surface area (TPSA) is 23.6 Å². The minimum Gasteiger partial charge on any atom is -0.337 e. The Labute approximate surface area is 142 Å². The van der Waals surface area contributed by atoms with Crippen molar-refractivity contribution in [2.24, 2.45) is 0 Å². The molecule has 0 aromatic heterocycles. The van der Waals surface area contributed by atoms with E-state index in [1.807, 2.05) is 29.2 Å². The third-order valence-electron chi connectivity index (χ3n) is 4.62. The fraction of sp³-hybridized carbons (Fsp3) is 0.350. The van der Waals surface area contributed by atoms with Gasteiger partial charge in [-0.25, -0.2) is 4.39 Å². The number of nitrogens with zero attached hydrogens (tertiary/aromatic N) is 2.